The fourth-order valence-electron chi connectivity index (χ4n) is 2.47. The van der Waals surface area contributed by atoms with Crippen molar-refractivity contribution in [2.45, 2.75) is 44.6 Å². The predicted octanol–water partition coefficient (Wildman–Crippen LogP) is 1.19. The number of carbonyl (C=O) groups is 1. The number of carbonyl (C=O) groups excluding carboxylic acids is 1. The second kappa shape index (κ2) is 10.2. The van der Waals surface area contributed by atoms with Crippen LogP contribution in [0.1, 0.15) is 26.2 Å². The summed E-state index contributed by atoms with van der Waals surface area (Å²) in [5, 5.41) is 10.5. The van der Waals surface area contributed by atoms with Crippen molar-refractivity contribution in [3.63, 3.8) is 0 Å². The maximum atomic E-state index is 11.4. The Bertz CT molecular complexity index is 371. The average molecular weight is 336 g/mol. The summed E-state index contributed by atoms with van der Waals surface area (Å²) in [4.78, 5) is 11.4. The van der Waals surface area contributed by atoms with Crippen molar-refractivity contribution in [2.75, 3.05) is 26.2 Å². The molecule has 1 fully saturated rings. The van der Waals surface area contributed by atoms with E-state index in [1.807, 2.05) is 0 Å². The third-order valence-corrected chi connectivity index (χ3v) is 3.97. The molecular weight excluding hydrogens is 310 g/mol. The van der Waals surface area contributed by atoms with E-state index in [0.717, 1.165) is 12.8 Å². The van der Waals surface area contributed by atoms with Gasteiger partial charge in [-0.25, -0.2) is 4.79 Å². The Kier molecular flexibility index (Phi) is 8.97. The van der Waals surface area contributed by atoms with E-state index in [4.69, 9.17) is 26.8 Å². The number of methoxy groups -OCH3 is 1. The minimum Gasteiger partial charge on any atom is -0.466 e. The first-order chi connectivity index (χ1) is 10.5. The minimum atomic E-state index is -0.877. The van der Waals surface area contributed by atoms with Crippen LogP contribution >= 0.6 is 11.6 Å². The van der Waals surface area contributed by atoms with Crippen molar-refractivity contribution in [3.05, 3.63) is 11.6 Å². The number of alkyl halides is 1. The summed E-state index contributed by atoms with van der Waals surface area (Å²) >= 11 is 5.70. The molecule has 3 N–H and O–H groups in total. The van der Waals surface area contributed by atoms with E-state index in [2.05, 4.69) is 4.74 Å². The maximum absolute atomic E-state index is 11.4. The molecule has 0 radical (unpaired) electrons. The van der Waals surface area contributed by atoms with Gasteiger partial charge in [0.2, 0.25) is 0 Å². The molecule has 0 aromatic carbocycles. The molecule has 0 bridgehead atoms. The van der Waals surface area contributed by atoms with Gasteiger partial charge in [0.15, 0.2) is 6.29 Å². The van der Waals surface area contributed by atoms with Crippen LogP contribution in [-0.2, 0) is 19.0 Å². The van der Waals surface area contributed by atoms with Gasteiger partial charge in [-0.1, -0.05) is 12.5 Å². The number of rotatable bonds is 9. The van der Waals surface area contributed by atoms with Gasteiger partial charge >= 0.3 is 5.97 Å². The first kappa shape index (κ1) is 19.4. The summed E-state index contributed by atoms with van der Waals surface area (Å²) in [6.07, 6.45) is 2.56. The second-order valence-electron chi connectivity index (χ2n) is 5.37. The Labute approximate surface area is 136 Å². The number of nitrogens with two attached hydrogens (primary N) is 1. The zero-order chi connectivity index (χ0) is 16.5. The molecule has 0 amide bonds. The second-order valence-corrected chi connectivity index (χ2v) is 5.75. The van der Waals surface area contributed by atoms with Crippen LogP contribution in [0.4, 0.5) is 0 Å². The van der Waals surface area contributed by atoms with Crippen LogP contribution in [0.15, 0.2) is 11.6 Å². The van der Waals surface area contributed by atoms with Crippen molar-refractivity contribution < 1.29 is 24.1 Å². The van der Waals surface area contributed by atoms with Gasteiger partial charge in [-0.3, -0.25) is 0 Å². The molecule has 128 valence electrons. The highest BCUT2D eigenvalue weighted by molar-refractivity contribution is 6.17. The highest BCUT2D eigenvalue weighted by Gasteiger charge is 2.34. The molecule has 0 aliphatic carbocycles. The molecule has 1 aliphatic rings. The van der Waals surface area contributed by atoms with Crippen molar-refractivity contribution in [1.82, 2.24) is 0 Å². The standard InChI is InChI=1S/C15H26ClNO5/c1-10(14(19)20-2)9-12(17)13(18)11(5-3-4-6-16)15-21-7-8-22-15/h9,11-13,15,18H,3-8,17H2,1-2H3/b10-9+/t11?,12-,13-/m0/s1. The van der Waals surface area contributed by atoms with Crippen LogP contribution in [0.5, 0.6) is 0 Å². The van der Waals surface area contributed by atoms with Crippen LogP contribution < -0.4 is 5.73 Å². The maximum Gasteiger partial charge on any atom is 0.333 e. The zero-order valence-corrected chi connectivity index (χ0v) is 13.9. The number of aliphatic hydroxyl groups excluding tert-OH is 1. The lowest BCUT2D eigenvalue weighted by molar-refractivity contribution is -0.136. The topological polar surface area (TPSA) is 91.0 Å². The van der Waals surface area contributed by atoms with Gasteiger partial charge in [-0.2, -0.15) is 0 Å². The van der Waals surface area contributed by atoms with Crippen LogP contribution in [-0.4, -0.2) is 55.7 Å². The summed E-state index contributed by atoms with van der Waals surface area (Å²) in [6, 6.07) is -0.701. The molecule has 0 aromatic heterocycles. The average Bonchev–Trinajstić information content (AvgIpc) is 3.04. The van der Waals surface area contributed by atoms with Crippen LogP contribution in [0, 0.1) is 5.92 Å². The number of esters is 1. The summed E-state index contributed by atoms with van der Waals surface area (Å²) in [5.41, 5.74) is 6.37. The van der Waals surface area contributed by atoms with E-state index in [9.17, 15) is 9.90 Å². The van der Waals surface area contributed by atoms with E-state index in [-0.39, 0.29) is 5.92 Å². The SMILES string of the molecule is COC(=O)/C(C)=C/[C@H](N)[C@@H](O)C(CCCCCl)C1OCCO1. The summed E-state index contributed by atoms with van der Waals surface area (Å²) in [6.45, 7) is 2.62. The molecule has 1 heterocycles. The molecule has 0 saturated carbocycles. The molecule has 22 heavy (non-hydrogen) atoms. The van der Waals surface area contributed by atoms with E-state index in [1.165, 1.54) is 13.2 Å². The van der Waals surface area contributed by atoms with Crippen molar-refractivity contribution in [1.29, 1.82) is 0 Å². The summed E-state index contributed by atoms with van der Waals surface area (Å²) in [7, 11) is 1.30. The first-order valence-electron chi connectivity index (χ1n) is 7.50. The number of unbranched alkanes of at least 4 members (excludes halogenated alkanes) is 1. The normalized spacial score (nSPS) is 20.7. The molecule has 6 nitrogen and oxygen atoms in total. The summed E-state index contributed by atoms with van der Waals surface area (Å²) < 4.78 is 15.6. The number of aliphatic hydroxyl groups is 1. The molecule has 7 heteroatoms. The zero-order valence-electron chi connectivity index (χ0n) is 13.2. The van der Waals surface area contributed by atoms with Gasteiger partial charge in [-0.05, 0) is 19.8 Å². The van der Waals surface area contributed by atoms with E-state index in [0.29, 0.717) is 31.1 Å². The monoisotopic (exact) mass is 335 g/mol. The Morgan fingerprint density at radius 2 is 2.09 bits per heavy atom. The predicted molar refractivity (Wildman–Crippen MR) is 83.5 cm³/mol. The lowest BCUT2D eigenvalue weighted by Gasteiger charge is -2.29. The number of halogens is 1. The van der Waals surface area contributed by atoms with E-state index < -0.39 is 24.4 Å². The lowest BCUT2D eigenvalue weighted by Crippen LogP contribution is -2.44. The minimum absolute atomic E-state index is 0.262. The lowest BCUT2D eigenvalue weighted by atomic mass is 9.90. The highest BCUT2D eigenvalue weighted by Crippen LogP contribution is 2.26. The Balaban J connectivity index is 2.71. The molecule has 0 aromatic rings. The quantitative estimate of drug-likeness (QED) is 0.285. The molecule has 0 spiro atoms. The first-order valence-corrected chi connectivity index (χ1v) is 8.04. The molecule has 1 aliphatic heterocycles. The molecule has 1 saturated heterocycles. The van der Waals surface area contributed by atoms with Crippen molar-refractivity contribution in [2.24, 2.45) is 11.7 Å². The Morgan fingerprint density at radius 1 is 1.45 bits per heavy atom. The molecule has 3 atom stereocenters. The molecular formula is C15H26ClNO5. The molecule has 1 rings (SSSR count). The fraction of sp³-hybridized carbons (Fsp3) is 0.800. The number of hydrogen-bond donors (Lipinski definition) is 2. The number of ether oxygens (including phenoxy) is 3. The summed E-state index contributed by atoms with van der Waals surface area (Å²) in [5.74, 6) is -0.153. The Hall–Kier alpha value is -0.660. The third-order valence-electron chi connectivity index (χ3n) is 3.70. The van der Waals surface area contributed by atoms with E-state index >= 15 is 0 Å². The smallest absolute Gasteiger partial charge is 0.333 e. The van der Waals surface area contributed by atoms with Crippen LogP contribution in [0.2, 0.25) is 0 Å². The third kappa shape index (κ3) is 5.85. The van der Waals surface area contributed by atoms with Gasteiger partial charge in [0.05, 0.1) is 32.5 Å². The highest BCUT2D eigenvalue weighted by atomic mass is 35.5. The van der Waals surface area contributed by atoms with E-state index in [1.54, 1.807) is 6.92 Å². The van der Waals surface area contributed by atoms with Gasteiger partial charge in [-0.15, -0.1) is 11.6 Å². The van der Waals surface area contributed by atoms with Gasteiger partial charge in [0, 0.05) is 17.4 Å². The number of hydrogen-bond acceptors (Lipinski definition) is 6. The largest absolute Gasteiger partial charge is 0.466 e. The van der Waals surface area contributed by atoms with Crippen molar-refractivity contribution >= 4 is 17.6 Å². The van der Waals surface area contributed by atoms with Gasteiger partial charge < -0.3 is 25.1 Å². The fourth-order valence-corrected chi connectivity index (χ4v) is 2.66. The van der Waals surface area contributed by atoms with Crippen LogP contribution in [0.25, 0.3) is 0 Å². The molecule has 1 unspecified atom stereocenters. The Morgan fingerprint density at radius 3 is 2.64 bits per heavy atom. The van der Waals surface area contributed by atoms with Gasteiger partial charge in [0.1, 0.15) is 0 Å². The van der Waals surface area contributed by atoms with Gasteiger partial charge in [0.25, 0.3) is 0 Å². The van der Waals surface area contributed by atoms with Crippen LogP contribution in [0.3, 0.4) is 0 Å². The van der Waals surface area contributed by atoms with Crippen molar-refractivity contribution in [3.8, 4) is 0 Å².